The summed E-state index contributed by atoms with van der Waals surface area (Å²) in [6.45, 7) is 6.96. The summed E-state index contributed by atoms with van der Waals surface area (Å²) in [5.41, 5.74) is 2.09. The minimum atomic E-state index is -0.470. The largest absolute Gasteiger partial charge is 0.311 e. The second-order valence-corrected chi connectivity index (χ2v) is 4.38. The molecule has 0 aliphatic heterocycles. The van der Waals surface area contributed by atoms with Gasteiger partial charge in [-0.3, -0.25) is 0 Å². The Hall–Kier alpha value is -1.66. The third kappa shape index (κ3) is 4.38. The fourth-order valence-corrected chi connectivity index (χ4v) is 1.42. The van der Waals surface area contributed by atoms with Gasteiger partial charge in [0.2, 0.25) is 0 Å². The summed E-state index contributed by atoms with van der Waals surface area (Å²) in [5.74, 6) is -0.470. The first-order chi connectivity index (χ1) is 8.02. The van der Waals surface area contributed by atoms with Gasteiger partial charge in [-0.05, 0) is 24.6 Å². The van der Waals surface area contributed by atoms with Crippen molar-refractivity contribution < 1.29 is 4.39 Å². The van der Waals surface area contributed by atoms with Crippen LogP contribution in [-0.2, 0) is 0 Å². The van der Waals surface area contributed by atoms with Crippen molar-refractivity contribution in [2.24, 2.45) is 0 Å². The van der Waals surface area contributed by atoms with Gasteiger partial charge in [0, 0.05) is 12.6 Å². The first kappa shape index (κ1) is 13.4. The number of benzene rings is 1. The van der Waals surface area contributed by atoms with E-state index in [9.17, 15) is 4.39 Å². The molecule has 0 bridgehead atoms. The van der Waals surface area contributed by atoms with E-state index < -0.39 is 5.82 Å². The quantitative estimate of drug-likeness (QED) is 0.865. The molecule has 1 rings (SSSR count). The number of hydrogen-bond acceptors (Lipinski definition) is 2. The molecule has 0 aliphatic carbocycles. The zero-order valence-electron chi connectivity index (χ0n) is 10.4. The van der Waals surface area contributed by atoms with Gasteiger partial charge in [0.25, 0.3) is 0 Å². The van der Waals surface area contributed by atoms with Crippen LogP contribution in [0.25, 0.3) is 6.08 Å². The van der Waals surface area contributed by atoms with Crippen molar-refractivity contribution in [3.05, 3.63) is 40.7 Å². The van der Waals surface area contributed by atoms with Crippen LogP contribution in [0.5, 0.6) is 0 Å². The highest BCUT2D eigenvalue weighted by Gasteiger charge is 2.01. The van der Waals surface area contributed by atoms with Crippen LogP contribution in [0.1, 0.15) is 31.9 Å². The number of nitriles is 1. The van der Waals surface area contributed by atoms with E-state index in [4.69, 9.17) is 5.26 Å². The molecule has 2 nitrogen and oxygen atoms in total. The van der Waals surface area contributed by atoms with E-state index in [1.54, 1.807) is 12.1 Å². The fourth-order valence-electron chi connectivity index (χ4n) is 1.42. The summed E-state index contributed by atoms with van der Waals surface area (Å²) in [6.07, 6.45) is 1.95. The van der Waals surface area contributed by atoms with Gasteiger partial charge in [-0.15, -0.1) is 0 Å². The van der Waals surface area contributed by atoms with Gasteiger partial charge in [0.1, 0.15) is 11.9 Å². The molecule has 0 unspecified atom stereocenters. The smallest absolute Gasteiger partial charge is 0.140 e. The summed E-state index contributed by atoms with van der Waals surface area (Å²) >= 11 is 0. The van der Waals surface area contributed by atoms with Gasteiger partial charge >= 0.3 is 0 Å². The van der Waals surface area contributed by atoms with Crippen molar-refractivity contribution in [3.63, 3.8) is 0 Å². The summed E-state index contributed by atoms with van der Waals surface area (Å²) in [5, 5.41) is 12.0. The summed E-state index contributed by atoms with van der Waals surface area (Å²) in [6, 6.07) is 6.84. The topological polar surface area (TPSA) is 35.8 Å². The number of nitrogens with one attached hydrogen (secondary N) is 1. The molecule has 0 saturated carbocycles. The Kier molecular flexibility index (Phi) is 4.86. The Labute approximate surface area is 102 Å². The number of halogens is 1. The van der Waals surface area contributed by atoms with E-state index in [0.717, 1.165) is 17.7 Å². The zero-order valence-corrected chi connectivity index (χ0v) is 10.4. The van der Waals surface area contributed by atoms with Crippen LogP contribution in [0.4, 0.5) is 4.39 Å². The Balaban J connectivity index is 2.80. The molecule has 0 fully saturated rings. The molecule has 0 aromatic heterocycles. The Morgan fingerprint density at radius 1 is 1.53 bits per heavy atom. The van der Waals surface area contributed by atoms with Gasteiger partial charge < -0.3 is 5.32 Å². The Morgan fingerprint density at radius 3 is 2.82 bits per heavy atom. The minimum absolute atomic E-state index is 0.0865. The standard InChI is InChI=1S/C14H17FN2/c1-10(2)17-9-11(3)6-12-4-5-14(15)13(7-12)8-16/h4-7,10,17H,9H2,1-3H3/b11-6+. The van der Waals surface area contributed by atoms with Gasteiger partial charge in [-0.1, -0.05) is 31.6 Å². The van der Waals surface area contributed by atoms with Crippen LogP contribution in [0, 0.1) is 17.1 Å². The van der Waals surface area contributed by atoms with Crippen molar-refractivity contribution in [2.45, 2.75) is 26.8 Å². The molecular weight excluding hydrogens is 215 g/mol. The van der Waals surface area contributed by atoms with Crippen molar-refractivity contribution in [3.8, 4) is 6.07 Å². The maximum atomic E-state index is 13.1. The predicted molar refractivity (Wildman–Crippen MR) is 67.9 cm³/mol. The molecule has 1 aromatic carbocycles. The molecule has 90 valence electrons. The molecule has 17 heavy (non-hydrogen) atoms. The van der Waals surface area contributed by atoms with Crippen LogP contribution in [0.2, 0.25) is 0 Å². The van der Waals surface area contributed by atoms with E-state index in [0.29, 0.717) is 6.04 Å². The van der Waals surface area contributed by atoms with Crippen molar-refractivity contribution in [1.29, 1.82) is 5.26 Å². The SMILES string of the molecule is C/C(=C\c1ccc(F)c(C#N)c1)CNC(C)C. The third-order valence-corrected chi connectivity index (χ3v) is 2.31. The Bertz CT molecular complexity index is 456. The van der Waals surface area contributed by atoms with Gasteiger partial charge in [0.15, 0.2) is 0 Å². The van der Waals surface area contributed by atoms with E-state index in [1.807, 2.05) is 19.1 Å². The lowest BCUT2D eigenvalue weighted by Gasteiger charge is -2.08. The summed E-state index contributed by atoms with van der Waals surface area (Å²) in [7, 11) is 0. The van der Waals surface area contributed by atoms with Gasteiger partial charge in [0.05, 0.1) is 5.56 Å². The average molecular weight is 232 g/mol. The second kappa shape index (κ2) is 6.17. The maximum absolute atomic E-state index is 13.1. The maximum Gasteiger partial charge on any atom is 0.140 e. The minimum Gasteiger partial charge on any atom is -0.311 e. The average Bonchev–Trinajstić information content (AvgIpc) is 2.29. The third-order valence-electron chi connectivity index (χ3n) is 2.31. The van der Waals surface area contributed by atoms with Crippen LogP contribution in [0.3, 0.4) is 0 Å². The lowest BCUT2D eigenvalue weighted by molar-refractivity contribution is 0.622. The summed E-state index contributed by atoms with van der Waals surface area (Å²) < 4.78 is 13.1. The number of hydrogen-bond donors (Lipinski definition) is 1. The van der Waals surface area contributed by atoms with Gasteiger partial charge in [-0.25, -0.2) is 4.39 Å². The molecule has 0 amide bonds. The highest BCUT2D eigenvalue weighted by atomic mass is 19.1. The fraction of sp³-hybridized carbons (Fsp3) is 0.357. The molecular formula is C14H17FN2. The number of nitrogens with zero attached hydrogens (tertiary/aromatic N) is 1. The van der Waals surface area contributed by atoms with E-state index in [2.05, 4.69) is 19.2 Å². The van der Waals surface area contributed by atoms with E-state index >= 15 is 0 Å². The molecule has 0 spiro atoms. The Morgan fingerprint density at radius 2 is 2.24 bits per heavy atom. The van der Waals surface area contributed by atoms with Crippen molar-refractivity contribution in [2.75, 3.05) is 6.54 Å². The molecule has 0 radical (unpaired) electrons. The molecule has 1 aromatic rings. The van der Waals surface area contributed by atoms with Crippen LogP contribution in [0.15, 0.2) is 23.8 Å². The molecule has 0 saturated heterocycles. The van der Waals surface area contributed by atoms with Crippen molar-refractivity contribution >= 4 is 6.08 Å². The second-order valence-electron chi connectivity index (χ2n) is 4.38. The number of rotatable bonds is 4. The van der Waals surface area contributed by atoms with Crippen LogP contribution >= 0.6 is 0 Å². The lowest BCUT2D eigenvalue weighted by atomic mass is 10.1. The van der Waals surface area contributed by atoms with Gasteiger partial charge in [-0.2, -0.15) is 5.26 Å². The molecule has 1 N–H and O–H groups in total. The molecule has 0 aliphatic rings. The lowest BCUT2D eigenvalue weighted by Crippen LogP contribution is -2.24. The highest BCUT2D eigenvalue weighted by Crippen LogP contribution is 2.12. The normalized spacial score (nSPS) is 11.6. The summed E-state index contributed by atoms with van der Waals surface area (Å²) in [4.78, 5) is 0. The van der Waals surface area contributed by atoms with Crippen molar-refractivity contribution in [1.82, 2.24) is 5.32 Å². The van der Waals surface area contributed by atoms with E-state index in [-0.39, 0.29) is 5.56 Å². The predicted octanol–water partition coefficient (Wildman–Crippen LogP) is 3.10. The first-order valence-electron chi connectivity index (χ1n) is 5.63. The molecule has 0 heterocycles. The van der Waals surface area contributed by atoms with E-state index in [1.165, 1.54) is 6.07 Å². The highest BCUT2D eigenvalue weighted by molar-refractivity contribution is 5.55. The van der Waals surface area contributed by atoms with Crippen LogP contribution < -0.4 is 5.32 Å². The molecule has 0 atom stereocenters. The zero-order chi connectivity index (χ0) is 12.8. The monoisotopic (exact) mass is 232 g/mol. The first-order valence-corrected chi connectivity index (χ1v) is 5.63. The molecule has 3 heteroatoms. The van der Waals surface area contributed by atoms with Crippen LogP contribution in [-0.4, -0.2) is 12.6 Å².